The van der Waals surface area contributed by atoms with Gasteiger partial charge in [0.05, 0.1) is 25.4 Å². The molecule has 0 saturated heterocycles. The molecule has 0 aromatic heterocycles. The fraction of sp³-hybridized carbons (Fsp3) is 0.294. The van der Waals surface area contributed by atoms with Gasteiger partial charge in [0, 0.05) is 6.07 Å². The molecule has 3 nitrogen and oxygen atoms in total. The fourth-order valence-electron chi connectivity index (χ4n) is 2.14. The minimum absolute atomic E-state index is 0.337. The van der Waals surface area contributed by atoms with E-state index in [4.69, 9.17) is 9.47 Å². The van der Waals surface area contributed by atoms with Crippen molar-refractivity contribution >= 4 is 5.69 Å². The first-order chi connectivity index (χ1) is 9.96. The monoisotopic (exact) mass is 289 g/mol. The summed E-state index contributed by atoms with van der Waals surface area (Å²) in [6.45, 7) is 4.00. The van der Waals surface area contributed by atoms with Crippen molar-refractivity contribution in [2.75, 3.05) is 19.5 Å². The predicted molar refractivity (Wildman–Crippen MR) is 82.6 cm³/mol. The zero-order valence-electron chi connectivity index (χ0n) is 12.7. The van der Waals surface area contributed by atoms with Crippen LogP contribution in [0.15, 0.2) is 42.5 Å². The van der Waals surface area contributed by atoms with Gasteiger partial charge >= 0.3 is 0 Å². The van der Waals surface area contributed by atoms with E-state index in [-0.39, 0.29) is 5.82 Å². The lowest BCUT2D eigenvalue weighted by Gasteiger charge is -2.28. The Morgan fingerprint density at radius 2 is 1.48 bits per heavy atom. The summed E-state index contributed by atoms with van der Waals surface area (Å²) in [5.74, 6) is 0.960. The maximum absolute atomic E-state index is 14.0. The quantitative estimate of drug-likeness (QED) is 0.895. The first kappa shape index (κ1) is 15.2. The molecule has 2 aromatic carbocycles. The lowest BCUT2D eigenvalue weighted by Crippen LogP contribution is -2.28. The largest absolute Gasteiger partial charge is 0.497 e. The average molecular weight is 289 g/mol. The van der Waals surface area contributed by atoms with Crippen LogP contribution in [0, 0.1) is 5.82 Å². The van der Waals surface area contributed by atoms with Gasteiger partial charge in [0.1, 0.15) is 17.3 Å². The second-order valence-corrected chi connectivity index (χ2v) is 5.32. The van der Waals surface area contributed by atoms with Gasteiger partial charge in [-0.1, -0.05) is 12.1 Å². The van der Waals surface area contributed by atoms with E-state index >= 15 is 0 Å². The van der Waals surface area contributed by atoms with E-state index in [9.17, 15) is 4.39 Å². The van der Waals surface area contributed by atoms with Crippen molar-refractivity contribution in [1.82, 2.24) is 0 Å². The molecular weight excluding hydrogens is 269 g/mol. The number of nitrogens with one attached hydrogen (secondary N) is 1. The Morgan fingerprint density at radius 3 is 2.00 bits per heavy atom. The number of rotatable bonds is 5. The van der Waals surface area contributed by atoms with Gasteiger partial charge in [-0.25, -0.2) is 4.39 Å². The fourth-order valence-corrected chi connectivity index (χ4v) is 2.14. The Bertz CT molecular complexity index is 609. The van der Waals surface area contributed by atoms with E-state index in [1.807, 2.05) is 38.1 Å². The van der Waals surface area contributed by atoms with E-state index in [0.29, 0.717) is 11.4 Å². The minimum Gasteiger partial charge on any atom is -0.497 e. The van der Waals surface area contributed by atoms with Crippen molar-refractivity contribution in [2.24, 2.45) is 0 Å². The van der Waals surface area contributed by atoms with E-state index in [1.165, 1.54) is 13.2 Å². The Labute approximate surface area is 124 Å². The summed E-state index contributed by atoms with van der Waals surface area (Å²) >= 11 is 0. The summed E-state index contributed by atoms with van der Waals surface area (Å²) in [7, 11) is 3.15. The van der Waals surface area contributed by atoms with Crippen LogP contribution in [0.4, 0.5) is 10.1 Å². The molecular formula is C17H20FNO2. The zero-order valence-corrected chi connectivity index (χ0v) is 12.7. The smallest absolute Gasteiger partial charge is 0.149 e. The number of ether oxygens (including phenoxy) is 2. The molecule has 2 rings (SSSR count). The number of anilines is 1. The van der Waals surface area contributed by atoms with Crippen molar-refractivity contribution in [3.05, 3.63) is 53.8 Å². The summed E-state index contributed by atoms with van der Waals surface area (Å²) in [5, 5.41) is 3.22. The highest BCUT2D eigenvalue weighted by atomic mass is 19.1. The molecule has 0 spiro atoms. The van der Waals surface area contributed by atoms with Crippen LogP contribution in [-0.2, 0) is 5.54 Å². The molecule has 0 atom stereocenters. The summed E-state index contributed by atoms with van der Waals surface area (Å²) in [4.78, 5) is 0. The maximum atomic E-state index is 14.0. The minimum atomic E-state index is -0.415. The summed E-state index contributed by atoms with van der Waals surface area (Å²) in [5.41, 5.74) is 1.07. The van der Waals surface area contributed by atoms with Crippen molar-refractivity contribution in [1.29, 1.82) is 0 Å². The van der Waals surface area contributed by atoms with E-state index < -0.39 is 5.54 Å². The molecule has 112 valence electrons. The van der Waals surface area contributed by atoms with Crippen molar-refractivity contribution < 1.29 is 13.9 Å². The summed E-state index contributed by atoms with van der Waals surface area (Å²) in [6.07, 6.45) is 0. The third kappa shape index (κ3) is 3.45. The van der Waals surface area contributed by atoms with E-state index in [0.717, 1.165) is 11.3 Å². The number of benzene rings is 2. The molecule has 0 heterocycles. The summed E-state index contributed by atoms with van der Waals surface area (Å²) < 4.78 is 24.2. The standard InChI is InChI=1S/C17H20FNO2/c1-17(2,12-5-7-13(20-3)8-6-12)19-16-10-9-14(21-4)11-15(16)18/h5-11,19H,1-4H3. The van der Waals surface area contributed by atoms with Crippen LogP contribution >= 0.6 is 0 Å². The lowest BCUT2D eigenvalue weighted by atomic mass is 9.94. The predicted octanol–water partition coefficient (Wildman–Crippen LogP) is 4.19. The zero-order chi connectivity index (χ0) is 15.5. The van der Waals surface area contributed by atoms with Crippen LogP contribution in [0.1, 0.15) is 19.4 Å². The second-order valence-electron chi connectivity index (χ2n) is 5.32. The highest BCUT2D eigenvalue weighted by Crippen LogP contribution is 2.29. The lowest BCUT2D eigenvalue weighted by molar-refractivity contribution is 0.411. The molecule has 0 aliphatic rings. The molecule has 0 bridgehead atoms. The number of hydrogen-bond donors (Lipinski definition) is 1. The Balaban J connectivity index is 2.23. The molecule has 0 saturated carbocycles. The molecule has 2 aromatic rings. The van der Waals surface area contributed by atoms with E-state index in [1.54, 1.807) is 19.2 Å². The van der Waals surface area contributed by atoms with Gasteiger partial charge in [0.15, 0.2) is 0 Å². The topological polar surface area (TPSA) is 30.5 Å². The van der Waals surface area contributed by atoms with Crippen molar-refractivity contribution in [2.45, 2.75) is 19.4 Å². The third-order valence-corrected chi connectivity index (χ3v) is 3.44. The van der Waals surface area contributed by atoms with Crippen LogP contribution < -0.4 is 14.8 Å². The second kappa shape index (κ2) is 6.04. The van der Waals surface area contributed by atoms with Gasteiger partial charge in [0.25, 0.3) is 0 Å². The SMILES string of the molecule is COc1ccc(C(C)(C)Nc2ccc(OC)cc2F)cc1. The van der Waals surface area contributed by atoms with Crippen molar-refractivity contribution in [3.8, 4) is 11.5 Å². The highest BCUT2D eigenvalue weighted by molar-refractivity contribution is 5.51. The Hall–Kier alpha value is -2.23. The molecule has 4 heteroatoms. The average Bonchev–Trinajstić information content (AvgIpc) is 2.49. The maximum Gasteiger partial charge on any atom is 0.149 e. The van der Waals surface area contributed by atoms with Crippen LogP contribution in [0.5, 0.6) is 11.5 Å². The molecule has 0 radical (unpaired) electrons. The molecule has 1 N–H and O–H groups in total. The van der Waals surface area contributed by atoms with Gasteiger partial charge in [-0.2, -0.15) is 0 Å². The van der Waals surface area contributed by atoms with Crippen LogP contribution in [0.25, 0.3) is 0 Å². The van der Waals surface area contributed by atoms with Crippen LogP contribution in [0.2, 0.25) is 0 Å². The van der Waals surface area contributed by atoms with Gasteiger partial charge in [0.2, 0.25) is 0 Å². The molecule has 0 aliphatic heterocycles. The number of hydrogen-bond acceptors (Lipinski definition) is 3. The Kier molecular flexibility index (Phi) is 4.36. The molecule has 0 aliphatic carbocycles. The van der Waals surface area contributed by atoms with Gasteiger partial charge < -0.3 is 14.8 Å². The number of methoxy groups -OCH3 is 2. The van der Waals surface area contributed by atoms with Gasteiger partial charge in [-0.05, 0) is 43.7 Å². The Morgan fingerprint density at radius 1 is 0.905 bits per heavy atom. The first-order valence-electron chi connectivity index (χ1n) is 6.72. The van der Waals surface area contributed by atoms with Crippen LogP contribution in [-0.4, -0.2) is 14.2 Å². The molecule has 21 heavy (non-hydrogen) atoms. The molecule has 0 unspecified atom stereocenters. The molecule has 0 fully saturated rings. The van der Waals surface area contributed by atoms with Crippen LogP contribution in [0.3, 0.4) is 0 Å². The molecule has 0 amide bonds. The van der Waals surface area contributed by atoms with E-state index in [2.05, 4.69) is 5.32 Å². The summed E-state index contributed by atoms with van der Waals surface area (Å²) in [6, 6.07) is 12.5. The first-order valence-corrected chi connectivity index (χ1v) is 6.72. The normalized spacial score (nSPS) is 11.1. The number of halogens is 1. The highest BCUT2D eigenvalue weighted by Gasteiger charge is 2.21. The third-order valence-electron chi connectivity index (χ3n) is 3.44. The van der Waals surface area contributed by atoms with Crippen molar-refractivity contribution in [3.63, 3.8) is 0 Å². The van der Waals surface area contributed by atoms with Gasteiger partial charge in [-0.15, -0.1) is 0 Å². The van der Waals surface area contributed by atoms with Gasteiger partial charge in [-0.3, -0.25) is 0 Å².